The van der Waals surface area contributed by atoms with Gasteiger partial charge in [0, 0.05) is 9.75 Å². The molecule has 1 heterocycles. The van der Waals surface area contributed by atoms with Crippen LogP contribution in [0.15, 0.2) is 12.1 Å². The van der Waals surface area contributed by atoms with Crippen molar-refractivity contribution in [1.82, 2.24) is 0 Å². The lowest BCUT2D eigenvalue weighted by atomic mass is 10.0. The molecule has 0 N–H and O–H groups in total. The van der Waals surface area contributed by atoms with E-state index < -0.39 is 11.9 Å². The van der Waals surface area contributed by atoms with Crippen molar-refractivity contribution >= 4 is 23.1 Å². The van der Waals surface area contributed by atoms with Gasteiger partial charge in [0.05, 0.1) is 7.11 Å². The first kappa shape index (κ1) is 11.9. The van der Waals surface area contributed by atoms with Crippen LogP contribution in [-0.2, 0) is 20.7 Å². The summed E-state index contributed by atoms with van der Waals surface area (Å²) in [6.45, 7) is 3.45. The molecule has 0 radical (unpaired) electrons. The minimum atomic E-state index is -0.750. The van der Waals surface area contributed by atoms with Crippen LogP contribution in [0, 0.1) is 0 Å². The number of esters is 1. The predicted octanol–water partition coefficient (Wildman–Crippen LogP) is 2.16. The lowest BCUT2D eigenvalue weighted by Gasteiger charge is -2.08. The fraction of sp³-hybridized carbons (Fsp3) is 0.455. The molecular weight excluding hydrogens is 212 g/mol. The van der Waals surface area contributed by atoms with Crippen molar-refractivity contribution in [3.8, 4) is 0 Å². The highest BCUT2D eigenvalue weighted by atomic mass is 32.1. The van der Waals surface area contributed by atoms with E-state index in [1.807, 2.05) is 19.1 Å². The number of carbonyl (C=O) groups excluding carboxylic acids is 2. The van der Waals surface area contributed by atoms with Crippen molar-refractivity contribution in [3.63, 3.8) is 0 Å². The average molecular weight is 226 g/mol. The third-order valence-electron chi connectivity index (χ3n) is 2.16. The van der Waals surface area contributed by atoms with Gasteiger partial charge in [-0.15, -0.1) is 11.3 Å². The molecule has 0 saturated carbocycles. The molecule has 15 heavy (non-hydrogen) atoms. The lowest BCUT2D eigenvalue weighted by Crippen LogP contribution is -2.19. The molecule has 0 bridgehead atoms. The summed E-state index contributed by atoms with van der Waals surface area (Å²) in [6.07, 6.45) is 0.913. The second-order valence-electron chi connectivity index (χ2n) is 3.22. The number of Topliss-reactive ketones (excluding diaryl/α,β-unsaturated/α-hetero) is 1. The van der Waals surface area contributed by atoms with Crippen LogP contribution in [0.5, 0.6) is 0 Å². The van der Waals surface area contributed by atoms with Gasteiger partial charge < -0.3 is 4.74 Å². The molecule has 4 heteroatoms. The molecule has 1 rings (SSSR count). The summed E-state index contributed by atoms with van der Waals surface area (Å²) in [5, 5.41) is 0. The molecule has 1 atom stereocenters. The van der Waals surface area contributed by atoms with Gasteiger partial charge in [-0.1, -0.05) is 6.92 Å². The summed E-state index contributed by atoms with van der Waals surface area (Å²) in [5.41, 5.74) is 0. The van der Waals surface area contributed by atoms with Crippen molar-refractivity contribution in [2.45, 2.75) is 26.2 Å². The van der Waals surface area contributed by atoms with E-state index in [0.717, 1.165) is 11.3 Å². The Bertz CT molecular complexity index is 368. The summed E-state index contributed by atoms with van der Waals surface area (Å²) in [4.78, 5) is 24.7. The molecule has 0 aliphatic carbocycles. The number of hydrogen-bond donors (Lipinski definition) is 0. The molecule has 0 saturated heterocycles. The number of carbonyl (C=O) groups is 2. The second kappa shape index (κ2) is 5.07. The molecule has 1 unspecified atom stereocenters. The summed E-state index contributed by atoms with van der Waals surface area (Å²) in [5.74, 6) is -1.40. The van der Waals surface area contributed by atoms with Gasteiger partial charge in [-0.2, -0.15) is 0 Å². The van der Waals surface area contributed by atoms with E-state index in [9.17, 15) is 9.59 Å². The van der Waals surface area contributed by atoms with Crippen LogP contribution in [-0.4, -0.2) is 18.9 Å². The maximum atomic E-state index is 11.4. The Morgan fingerprint density at radius 1 is 1.47 bits per heavy atom. The third-order valence-corrected chi connectivity index (χ3v) is 3.45. The van der Waals surface area contributed by atoms with Crippen LogP contribution < -0.4 is 0 Å². The molecule has 0 amide bonds. The van der Waals surface area contributed by atoms with Gasteiger partial charge in [-0.3, -0.25) is 9.59 Å². The van der Waals surface area contributed by atoms with Gasteiger partial charge >= 0.3 is 5.97 Å². The van der Waals surface area contributed by atoms with E-state index in [1.54, 1.807) is 0 Å². The molecular formula is C11H14O3S. The maximum absolute atomic E-state index is 11.4. The highest BCUT2D eigenvalue weighted by molar-refractivity contribution is 7.12. The summed E-state index contributed by atoms with van der Waals surface area (Å²) >= 11 is 1.49. The highest BCUT2D eigenvalue weighted by Gasteiger charge is 2.27. The van der Waals surface area contributed by atoms with Crippen molar-refractivity contribution in [2.24, 2.45) is 0 Å². The quantitative estimate of drug-likeness (QED) is 0.583. The topological polar surface area (TPSA) is 43.4 Å². The first-order chi connectivity index (χ1) is 7.10. The van der Waals surface area contributed by atoms with E-state index in [4.69, 9.17) is 0 Å². The van der Waals surface area contributed by atoms with Crippen molar-refractivity contribution < 1.29 is 14.3 Å². The zero-order valence-electron chi connectivity index (χ0n) is 9.07. The molecule has 0 aliphatic heterocycles. The minimum absolute atomic E-state index is 0.175. The van der Waals surface area contributed by atoms with Gasteiger partial charge in [0.2, 0.25) is 0 Å². The molecule has 0 aromatic carbocycles. The van der Waals surface area contributed by atoms with E-state index in [-0.39, 0.29) is 5.78 Å². The first-order valence-corrected chi connectivity index (χ1v) is 5.58. The van der Waals surface area contributed by atoms with Gasteiger partial charge in [0.25, 0.3) is 0 Å². The number of thiophene rings is 1. The zero-order valence-corrected chi connectivity index (χ0v) is 9.89. The smallest absolute Gasteiger partial charge is 0.321 e. The molecule has 0 spiro atoms. The summed E-state index contributed by atoms with van der Waals surface area (Å²) in [7, 11) is 1.30. The molecule has 0 fully saturated rings. The fourth-order valence-electron chi connectivity index (χ4n) is 1.34. The van der Waals surface area contributed by atoms with E-state index in [2.05, 4.69) is 4.74 Å². The average Bonchev–Trinajstić information content (AvgIpc) is 2.65. The molecule has 1 aromatic rings. The fourth-order valence-corrected chi connectivity index (χ4v) is 2.44. The molecule has 82 valence electrons. The molecule has 1 aromatic heterocycles. The van der Waals surface area contributed by atoms with Gasteiger partial charge in [-0.25, -0.2) is 0 Å². The predicted molar refractivity (Wildman–Crippen MR) is 59.1 cm³/mol. The molecule has 0 aliphatic rings. The summed E-state index contributed by atoms with van der Waals surface area (Å²) in [6, 6.07) is 3.77. The Morgan fingerprint density at radius 2 is 2.13 bits per heavy atom. The number of ketones is 1. The van der Waals surface area contributed by atoms with Crippen molar-refractivity contribution in [2.75, 3.05) is 7.11 Å². The third kappa shape index (κ3) is 2.65. The van der Waals surface area contributed by atoms with Crippen LogP contribution in [0.3, 0.4) is 0 Å². The van der Waals surface area contributed by atoms with Crippen LogP contribution in [0.1, 0.15) is 29.5 Å². The number of hydrogen-bond acceptors (Lipinski definition) is 4. The van der Waals surface area contributed by atoms with Crippen LogP contribution in [0.25, 0.3) is 0 Å². The Hall–Kier alpha value is -1.16. The maximum Gasteiger partial charge on any atom is 0.321 e. The number of rotatable bonds is 4. The largest absolute Gasteiger partial charge is 0.468 e. The summed E-state index contributed by atoms with van der Waals surface area (Å²) < 4.78 is 4.62. The monoisotopic (exact) mass is 226 g/mol. The Kier molecular flexibility index (Phi) is 4.03. The second-order valence-corrected chi connectivity index (χ2v) is 4.42. The van der Waals surface area contributed by atoms with Crippen molar-refractivity contribution in [3.05, 3.63) is 21.9 Å². The van der Waals surface area contributed by atoms with Crippen molar-refractivity contribution in [1.29, 1.82) is 0 Å². The number of aryl methyl sites for hydroxylation is 1. The van der Waals surface area contributed by atoms with E-state index in [1.165, 1.54) is 30.2 Å². The Labute approximate surface area is 93.1 Å². The van der Waals surface area contributed by atoms with Gasteiger partial charge in [0.1, 0.15) is 11.7 Å². The van der Waals surface area contributed by atoms with Crippen LogP contribution >= 0.6 is 11.3 Å². The van der Waals surface area contributed by atoms with Crippen LogP contribution in [0.2, 0.25) is 0 Å². The van der Waals surface area contributed by atoms with Gasteiger partial charge in [-0.05, 0) is 25.5 Å². The highest BCUT2D eigenvalue weighted by Crippen LogP contribution is 2.27. The number of methoxy groups -OCH3 is 1. The Morgan fingerprint density at radius 3 is 2.53 bits per heavy atom. The van der Waals surface area contributed by atoms with Crippen LogP contribution in [0.4, 0.5) is 0 Å². The minimum Gasteiger partial charge on any atom is -0.468 e. The van der Waals surface area contributed by atoms with E-state index in [0.29, 0.717) is 0 Å². The van der Waals surface area contributed by atoms with Gasteiger partial charge in [0.15, 0.2) is 0 Å². The SMILES string of the molecule is CCc1ccc(C(C(C)=O)C(=O)OC)s1. The first-order valence-electron chi connectivity index (χ1n) is 4.77. The zero-order chi connectivity index (χ0) is 11.4. The lowest BCUT2D eigenvalue weighted by molar-refractivity contribution is -0.145. The van der Waals surface area contributed by atoms with E-state index >= 15 is 0 Å². The molecule has 3 nitrogen and oxygen atoms in total. The Balaban J connectivity index is 2.99. The number of ether oxygens (including phenoxy) is 1. The standard InChI is InChI=1S/C11H14O3S/c1-4-8-5-6-9(15-8)10(7(2)12)11(13)14-3/h5-6,10H,4H2,1-3H3. The normalized spacial score (nSPS) is 12.2.